The zero-order valence-electron chi connectivity index (χ0n) is 6.72. The Kier molecular flexibility index (Phi) is 3.42. The van der Waals surface area contributed by atoms with Gasteiger partial charge in [0, 0.05) is 12.1 Å². The first-order chi connectivity index (χ1) is 6.02. The van der Waals surface area contributed by atoms with Gasteiger partial charge in [0.05, 0.1) is 10.7 Å². The molecule has 5 heteroatoms. The molecule has 0 saturated heterocycles. The molecule has 0 aliphatic heterocycles. The van der Waals surface area contributed by atoms with E-state index in [0.29, 0.717) is 15.7 Å². The van der Waals surface area contributed by atoms with E-state index in [0.717, 1.165) is 0 Å². The molecule has 0 N–H and O–H groups in total. The molecule has 0 fully saturated rings. The van der Waals surface area contributed by atoms with Crippen LogP contribution >= 0.6 is 34.8 Å². The van der Waals surface area contributed by atoms with Gasteiger partial charge in [0.15, 0.2) is 0 Å². The average Bonchev–Trinajstić information content (AvgIpc) is 2.08. The number of carbonyl (C=O) groups is 1. The first-order valence-electron chi connectivity index (χ1n) is 3.40. The Balaban J connectivity index is 3.12. The minimum Gasteiger partial charge on any atom is -0.300 e. The Labute approximate surface area is 91.0 Å². The fourth-order valence-corrected chi connectivity index (χ4v) is 1.34. The van der Waals surface area contributed by atoms with Crippen molar-refractivity contribution in [2.75, 3.05) is 11.9 Å². The number of benzene rings is 1. The van der Waals surface area contributed by atoms with Crippen LogP contribution in [0, 0.1) is 0 Å². The zero-order chi connectivity index (χ0) is 10.0. The summed E-state index contributed by atoms with van der Waals surface area (Å²) >= 11 is 16.8. The van der Waals surface area contributed by atoms with E-state index in [1.807, 2.05) is 0 Å². The molecular formula is C8H6Cl3NO. The van der Waals surface area contributed by atoms with E-state index in [1.165, 1.54) is 11.9 Å². The van der Waals surface area contributed by atoms with Gasteiger partial charge in [-0.15, -0.1) is 0 Å². The second kappa shape index (κ2) is 4.18. The van der Waals surface area contributed by atoms with Gasteiger partial charge >= 0.3 is 5.37 Å². The molecule has 0 atom stereocenters. The van der Waals surface area contributed by atoms with Gasteiger partial charge in [0.25, 0.3) is 0 Å². The van der Waals surface area contributed by atoms with Crippen LogP contribution in [0.25, 0.3) is 0 Å². The molecule has 0 radical (unpaired) electrons. The van der Waals surface area contributed by atoms with E-state index < -0.39 is 5.37 Å². The van der Waals surface area contributed by atoms with Crippen LogP contribution in [0.5, 0.6) is 0 Å². The van der Waals surface area contributed by atoms with Crippen LogP contribution in [0.4, 0.5) is 10.5 Å². The fraction of sp³-hybridized carbons (Fsp3) is 0.125. The van der Waals surface area contributed by atoms with Crippen molar-refractivity contribution < 1.29 is 4.79 Å². The van der Waals surface area contributed by atoms with Crippen LogP contribution < -0.4 is 4.90 Å². The first kappa shape index (κ1) is 10.6. The van der Waals surface area contributed by atoms with Crippen molar-refractivity contribution >= 4 is 45.9 Å². The molecule has 2 nitrogen and oxygen atoms in total. The molecule has 0 bridgehead atoms. The van der Waals surface area contributed by atoms with Crippen molar-refractivity contribution in [1.82, 2.24) is 0 Å². The Morgan fingerprint density at radius 3 is 2.54 bits per heavy atom. The SMILES string of the molecule is CN(C(=O)Cl)c1cc(Cl)ccc1Cl. The number of rotatable bonds is 1. The van der Waals surface area contributed by atoms with E-state index >= 15 is 0 Å². The monoisotopic (exact) mass is 237 g/mol. The van der Waals surface area contributed by atoms with Crippen molar-refractivity contribution in [3.05, 3.63) is 28.2 Å². The van der Waals surface area contributed by atoms with Crippen LogP contribution in [0.3, 0.4) is 0 Å². The van der Waals surface area contributed by atoms with Crippen LogP contribution in [0.2, 0.25) is 10.0 Å². The lowest BCUT2D eigenvalue weighted by Crippen LogP contribution is -2.19. The van der Waals surface area contributed by atoms with Crippen molar-refractivity contribution in [3.63, 3.8) is 0 Å². The standard InChI is InChI=1S/C8H6Cl3NO/c1-12(8(11)13)7-4-5(9)2-3-6(7)10/h2-4H,1H3. The Morgan fingerprint density at radius 2 is 2.00 bits per heavy atom. The van der Waals surface area contributed by atoms with Gasteiger partial charge in [0.1, 0.15) is 0 Å². The average molecular weight is 239 g/mol. The summed E-state index contributed by atoms with van der Waals surface area (Å²) in [5, 5.41) is 0.328. The third-order valence-corrected chi connectivity index (χ3v) is 2.34. The summed E-state index contributed by atoms with van der Waals surface area (Å²) in [4.78, 5) is 12.0. The maximum Gasteiger partial charge on any atom is 0.320 e. The number of hydrogen-bond donors (Lipinski definition) is 0. The molecule has 0 unspecified atom stereocenters. The summed E-state index contributed by atoms with van der Waals surface area (Å²) in [5.74, 6) is 0. The molecule has 1 rings (SSSR count). The lowest BCUT2D eigenvalue weighted by molar-refractivity contribution is 0.265. The maximum absolute atomic E-state index is 10.8. The molecule has 0 heterocycles. The number of nitrogens with zero attached hydrogens (tertiary/aromatic N) is 1. The molecule has 70 valence electrons. The van der Waals surface area contributed by atoms with Gasteiger partial charge in [-0.25, -0.2) is 0 Å². The highest BCUT2D eigenvalue weighted by Gasteiger charge is 2.11. The summed E-state index contributed by atoms with van der Waals surface area (Å²) < 4.78 is 0. The number of amides is 1. The predicted octanol–water partition coefficient (Wildman–Crippen LogP) is 3.79. The lowest BCUT2D eigenvalue weighted by Gasteiger charge is -2.14. The number of hydrogen-bond acceptors (Lipinski definition) is 1. The summed E-state index contributed by atoms with van der Waals surface area (Å²) in [6.07, 6.45) is 0. The number of carbonyl (C=O) groups excluding carboxylic acids is 1. The normalized spacial score (nSPS) is 9.85. The topological polar surface area (TPSA) is 20.3 Å². The highest BCUT2D eigenvalue weighted by Crippen LogP contribution is 2.28. The molecule has 0 aromatic heterocycles. The van der Waals surface area contributed by atoms with E-state index in [1.54, 1.807) is 18.2 Å². The third-order valence-electron chi connectivity index (χ3n) is 1.53. The summed E-state index contributed by atoms with van der Waals surface area (Å²) in [6, 6.07) is 4.82. The van der Waals surface area contributed by atoms with Gasteiger partial charge in [-0.1, -0.05) is 23.2 Å². The van der Waals surface area contributed by atoms with Gasteiger partial charge in [-0.2, -0.15) is 0 Å². The summed E-state index contributed by atoms with van der Waals surface area (Å²) in [7, 11) is 1.52. The smallest absolute Gasteiger partial charge is 0.300 e. The minimum absolute atomic E-state index is 0.431. The zero-order valence-corrected chi connectivity index (χ0v) is 8.99. The lowest BCUT2D eigenvalue weighted by atomic mass is 10.3. The largest absolute Gasteiger partial charge is 0.320 e. The third kappa shape index (κ3) is 2.50. The molecule has 1 amide bonds. The van der Waals surface area contributed by atoms with Crippen LogP contribution in [-0.2, 0) is 0 Å². The quantitative estimate of drug-likeness (QED) is 0.538. The molecule has 1 aromatic rings. The Morgan fingerprint density at radius 1 is 1.38 bits per heavy atom. The molecule has 0 saturated carbocycles. The molecular weight excluding hydrogens is 232 g/mol. The maximum atomic E-state index is 10.8. The van der Waals surface area contributed by atoms with Crippen molar-refractivity contribution in [2.24, 2.45) is 0 Å². The molecule has 0 aliphatic carbocycles. The van der Waals surface area contributed by atoms with Crippen molar-refractivity contribution in [2.45, 2.75) is 0 Å². The minimum atomic E-state index is -0.607. The van der Waals surface area contributed by atoms with E-state index in [2.05, 4.69) is 0 Å². The van der Waals surface area contributed by atoms with E-state index in [4.69, 9.17) is 34.8 Å². The number of halogens is 3. The van der Waals surface area contributed by atoms with Crippen molar-refractivity contribution in [3.8, 4) is 0 Å². The summed E-state index contributed by atoms with van der Waals surface area (Å²) in [6.45, 7) is 0. The van der Waals surface area contributed by atoms with Gasteiger partial charge in [-0.3, -0.25) is 4.79 Å². The number of anilines is 1. The highest BCUT2D eigenvalue weighted by molar-refractivity contribution is 6.66. The van der Waals surface area contributed by atoms with Crippen LogP contribution in [0.1, 0.15) is 0 Å². The van der Waals surface area contributed by atoms with Crippen LogP contribution in [0.15, 0.2) is 18.2 Å². The fourth-order valence-electron chi connectivity index (χ4n) is 0.838. The van der Waals surface area contributed by atoms with E-state index in [-0.39, 0.29) is 0 Å². The Hall–Kier alpha value is -0.440. The molecule has 0 spiro atoms. The van der Waals surface area contributed by atoms with Crippen molar-refractivity contribution in [1.29, 1.82) is 0 Å². The second-order valence-corrected chi connectivity index (χ2v) is 3.57. The van der Waals surface area contributed by atoms with Gasteiger partial charge in [-0.05, 0) is 29.8 Å². The second-order valence-electron chi connectivity index (χ2n) is 2.41. The highest BCUT2D eigenvalue weighted by atomic mass is 35.5. The van der Waals surface area contributed by atoms with Gasteiger partial charge < -0.3 is 4.90 Å². The van der Waals surface area contributed by atoms with Gasteiger partial charge in [0.2, 0.25) is 0 Å². The Bertz CT molecular complexity index is 340. The molecule has 13 heavy (non-hydrogen) atoms. The van der Waals surface area contributed by atoms with E-state index in [9.17, 15) is 4.79 Å². The molecule has 1 aromatic carbocycles. The first-order valence-corrected chi connectivity index (χ1v) is 4.54. The summed E-state index contributed by atoms with van der Waals surface area (Å²) in [5.41, 5.74) is 0.495. The van der Waals surface area contributed by atoms with Crippen LogP contribution in [-0.4, -0.2) is 12.4 Å². The predicted molar refractivity (Wildman–Crippen MR) is 56.1 cm³/mol. The molecule has 0 aliphatic rings.